The lowest BCUT2D eigenvalue weighted by Gasteiger charge is -2.16. The van der Waals surface area contributed by atoms with Crippen molar-refractivity contribution >= 4 is 11.7 Å². The van der Waals surface area contributed by atoms with Gasteiger partial charge in [-0.15, -0.1) is 0 Å². The molecule has 0 aliphatic heterocycles. The first-order chi connectivity index (χ1) is 9.01. The Hall–Kier alpha value is -1.84. The number of ketones is 1. The molecule has 4 heteroatoms. The zero-order chi connectivity index (χ0) is 14.4. The molecule has 1 aromatic carbocycles. The van der Waals surface area contributed by atoms with Crippen molar-refractivity contribution in [2.75, 3.05) is 20.7 Å². The summed E-state index contributed by atoms with van der Waals surface area (Å²) < 4.78 is 5.14. The second-order valence-corrected chi connectivity index (χ2v) is 4.61. The number of hydrogen-bond donors (Lipinski definition) is 0. The van der Waals surface area contributed by atoms with Gasteiger partial charge in [-0.1, -0.05) is 25.0 Å². The van der Waals surface area contributed by atoms with Gasteiger partial charge in [-0.3, -0.25) is 9.59 Å². The normalized spacial score (nSPS) is 10.1. The molecule has 0 heterocycles. The van der Waals surface area contributed by atoms with Gasteiger partial charge < -0.3 is 9.64 Å². The van der Waals surface area contributed by atoms with Crippen molar-refractivity contribution in [3.8, 4) is 5.75 Å². The number of carbonyl (C=O) groups excluding carboxylic acids is 2. The lowest BCUT2D eigenvalue weighted by molar-refractivity contribution is -0.125. The molecular weight excluding hydrogens is 242 g/mol. The monoisotopic (exact) mass is 263 g/mol. The highest BCUT2D eigenvalue weighted by Crippen LogP contribution is 2.20. The van der Waals surface area contributed by atoms with E-state index in [1.54, 1.807) is 19.2 Å². The average molecular weight is 263 g/mol. The Bertz CT molecular complexity index is 468. The van der Waals surface area contributed by atoms with Crippen LogP contribution in [0.1, 0.15) is 35.7 Å². The number of amides is 1. The van der Waals surface area contributed by atoms with Crippen LogP contribution >= 0.6 is 0 Å². The molecule has 0 fully saturated rings. The zero-order valence-corrected chi connectivity index (χ0v) is 12.0. The highest BCUT2D eigenvalue weighted by atomic mass is 16.5. The van der Waals surface area contributed by atoms with Crippen molar-refractivity contribution in [1.29, 1.82) is 0 Å². The van der Waals surface area contributed by atoms with Crippen LogP contribution in [0.4, 0.5) is 0 Å². The number of benzene rings is 1. The van der Waals surface area contributed by atoms with Crippen molar-refractivity contribution in [3.63, 3.8) is 0 Å². The summed E-state index contributed by atoms with van der Waals surface area (Å²) in [5.74, 6) is -0.565. The predicted molar refractivity (Wildman–Crippen MR) is 74.6 cm³/mol. The molecule has 0 aliphatic carbocycles. The number of methoxy groups -OCH3 is 1. The number of Topliss-reactive ketones (excluding diaryl/α,β-unsaturated/α-hetero) is 1. The fourth-order valence-electron chi connectivity index (χ4n) is 1.78. The van der Waals surface area contributed by atoms with Crippen molar-refractivity contribution in [3.05, 3.63) is 29.3 Å². The van der Waals surface area contributed by atoms with E-state index < -0.39 is 11.7 Å². The Morgan fingerprint density at radius 3 is 2.58 bits per heavy atom. The maximum absolute atomic E-state index is 12.2. The Labute approximate surface area is 114 Å². The van der Waals surface area contributed by atoms with Crippen molar-refractivity contribution < 1.29 is 14.3 Å². The number of hydrogen-bond acceptors (Lipinski definition) is 3. The number of unbranched alkanes of at least 4 members (excludes halogenated alkanes) is 1. The van der Waals surface area contributed by atoms with Crippen LogP contribution in [0.2, 0.25) is 0 Å². The molecule has 0 spiro atoms. The van der Waals surface area contributed by atoms with Gasteiger partial charge in [0.2, 0.25) is 0 Å². The van der Waals surface area contributed by atoms with Crippen molar-refractivity contribution in [2.24, 2.45) is 0 Å². The van der Waals surface area contributed by atoms with E-state index in [0.717, 1.165) is 18.4 Å². The Morgan fingerprint density at radius 2 is 2.00 bits per heavy atom. The molecule has 104 valence electrons. The largest absolute Gasteiger partial charge is 0.496 e. The lowest BCUT2D eigenvalue weighted by atomic mass is 10.1. The van der Waals surface area contributed by atoms with E-state index in [4.69, 9.17) is 4.74 Å². The summed E-state index contributed by atoms with van der Waals surface area (Å²) >= 11 is 0. The van der Waals surface area contributed by atoms with E-state index in [-0.39, 0.29) is 0 Å². The summed E-state index contributed by atoms with van der Waals surface area (Å²) in [6, 6.07) is 5.25. The van der Waals surface area contributed by atoms with E-state index in [9.17, 15) is 9.59 Å². The molecular formula is C15H21NO3. The molecule has 0 unspecified atom stereocenters. The minimum Gasteiger partial charge on any atom is -0.496 e. The summed E-state index contributed by atoms with van der Waals surface area (Å²) in [7, 11) is 3.14. The summed E-state index contributed by atoms with van der Waals surface area (Å²) in [5.41, 5.74) is 1.25. The summed E-state index contributed by atoms with van der Waals surface area (Å²) in [5, 5.41) is 0. The second kappa shape index (κ2) is 6.92. The molecule has 0 saturated carbocycles. The SMILES string of the molecule is CCCCN(C)C(=O)C(=O)c1cc(C)ccc1OC. The maximum atomic E-state index is 12.2. The molecule has 1 aromatic rings. The van der Waals surface area contributed by atoms with Crippen LogP contribution in [0.5, 0.6) is 5.75 Å². The van der Waals surface area contributed by atoms with Gasteiger partial charge in [-0.2, -0.15) is 0 Å². The number of aryl methyl sites for hydroxylation is 1. The molecule has 1 amide bonds. The van der Waals surface area contributed by atoms with E-state index in [1.807, 2.05) is 19.9 Å². The van der Waals surface area contributed by atoms with E-state index >= 15 is 0 Å². The van der Waals surface area contributed by atoms with Gasteiger partial charge in [0.15, 0.2) is 0 Å². The van der Waals surface area contributed by atoms with Gasteiger partial charge in [0.25, 0.3) is 11.7 Å². The van der Waals surface area contributed by atoms with Crippen LogP contribution in [0.25, 0.3) is 0 Å². The van der Waals surface area contributed by atoms with Crippen LogP contribution in [0, 0.1) is 6.92 Å². The predicted octanol–water partition coefficient (Wildman–Crippen LogP) is 2.44. The number of rotatable bonds is 6. The topological polar surface area (TPSA) is 46.6 Å². The first-order valence-electron chi connectivity index (χ1n) is 6.45. The minimum atomic E-state index is -0.515. The highest BCUT2D eigenvalue weighted by Gasteiger charge is 2.23. The van der Waals surface area contributed by atoms with Gasteiger partial charge >= 0.3 is 0 Å². The standard InChI is InChI=1S/C15H21NO3/c1-5-6-9-16(3)15(18)14(17)12-10-11(2)7-8-13(12)19-4/h7-8,10H,5-6,9H2,1-4H3. The van der Waals surface area contributed by atoms with Gasteiger partial charge in [0, 0.05) is 13.6 Å². The van der Waals surface area contributed by atoms with Crippen molar-refractivity contribution in [1.82, 2.24) is 4.90 Å². The van der Waals surface area contributed by atoms with E-state index in [1.165, 1.54) is 12.0 Å². The zero-order valence-electron chi connectivity index (χ0n) is 12.0. The summed E-state index contributed by atoms with van der Waals surface area (Å²) in [4.78, 5) is 25.7. The summed E-state index contributed by atoms with van der Waals surface area (Å²) in [6.45, 7) is 4.51. The first kappa shape index (κ1) is 15.2. The molecule has 0 atom stereocenters. The van der Waals surface area contributed by atoms with Gasteiger partial charge in [0.1, 0.15) is 5.75 Å². The smallest absolute Gasteiger partial charge is 0.294 e. The van der Waals surface area contributed by atoms with Gasteiger partial charge in [-0.05, 0) is 25.5 Å². The third-order valence-corrected chi connectivity index (χ3v) is 2.99. The number of ether oxygens (including phenoxy) is 1. The highest BCUT2D eigenvalue weighted by molar-refractivity contribution is 6.43. The fourth-order valence-corrected chi connectivity index (χ4v) is 1.78. The van der Waals surface area contributed by atoms with Crippen LogP contribution in [0.3, 0.4) is 0 Å². The molecule has 4 nitrogen and oxygen atoms in total. The van der Waals surface area contributed by atoms with E-state index in [0.29, 0.717) is 17.9 Å². The molecule has 0 aromatic heterocycles. The molecule has 0 radical (unpaired) electrons. The number of carbonyl (C=O) groups is 2. The summed E-state index contributed by atoms with van der Waals surface area (Å²) in [6.07, 6.45) is 1.88. The second-order valence-electron chi connectivity index (χ2n) is 4.61. The molecule has 0 bridgehead atoms. The molecule has 1 rings (SSSR count). The third-order valence-electron chi connectivity index (χ3n) is 2.99. The Kier molecular flexibility index (Phi) is 5.55. The average Bonchev–Trinajstić information content (AvgIpc) is 2.42. The van der Waals surface area contributed by atoms with Gasteiger partial charge in [-0.25, -0.2) is 0 Å². The van der Waals surface area contributed by atoms with Crippen LogP contribution in [-0.2, 0) is 4.79 Å². The Morgan fingerprint density at radius 1 is 1.32 bits per heavy atom. The van der Waals surface area contributed by atoms with E-state index in [2.05, 4.69) is 0 Å². The van der Waals surface area contributed by atoms with Gasteiger partial charge in [0.05, 0.1) is 12.7 Å². The molecule has 0 aliphatic rings. The minimum absolute atomic E-state index is 0.329. The first-order valence-corrected chi connectivity index (χ1v) is 6.45. The quantitative estimate of drug-likeness (QED) is 0.585. The van der Waals surface area contributed by atoms with Crippen LogP contribution in [0.15, 0.2) is 18.2 Å². The maximum Gasteiger partial charge on any atom is 0.294 e. The molecule has 19 heavy (non-hydrogen) atoms. The lowest BCUT2D eigenvalue weighted by Crippen LogP contribution is -2.34. The molecule has 0 N–H and O–H groups in total. The third kappa shape index (κ3) is 3.81. The Balaban J connectivity index is 2.93. The van der Waals surface area contributed by atoms with Crippen molar-refractivity contribution in [2.45, 2.75) is 26.7 Å². The van der Waals surface area contributed by atoms with Crippen LogP contribution < -0.4 is 4.74 Å². The number of likely N-dealkylation sites (N-methyl/N-ethyl adjacent to an activating group) is 1. The number of nitrogens with zero attached hydrogens (tertiary/aromatic N) is 1. The van der Waals surface area contributed by atoms with Crippen LogP contribution in [-0.4, -0.2) is 37.3 Å². The molecule has 0 saturated heterocycles. The fraction of sp³-hybridized carbons (Fsp3) is 0.467.